The van der Waals surface area contributed by atoms with E-state index in [-0.39, 0.29) is 5.69 Å². The predicted molar refractivity (Wildman–Crippen MR) is 74.8 cm³/mol. The Balaban J connectivity index is 2.07. The van der Waals surface area contributed by atoms with Crippen LogP contribution in [0.1, 0.15) is 16.2 Å². The molecule has 3 heterocycles. The molecule has 3 rings (SSSR count). The SMILES string of the molecule is COC(=O)c1nnn(Cc2cscn2)c1-c1cnn(C)c1. The fraction of sp³-hybridized carbons (Fsp3) is 0.250. The number of thiazole rings is 1. The maximum Gasteiger partial charge on any atom is 0.360 e. The van der Waals surface area contributed by atoms with Gasteiger partial charge in [-0.3, -0.25) is 4.68 Å². The first-order valence-corrected chi connectivity index (χ1v) is 7.01. The van der Waals surface area contributed by atoms with Crippen molar-refractivity contribution in [1.29, 1.82) is 0 Å². The molecule has 0 radical (unpaired) electrons. The van der Waals surface area contributed by atoms with Gasteiger partial charge in [-0.25, -0.2) is 14.5 Å². The van der Waals surface area contributed by atoms with E-state index in [0.29, 0.717) is 12.2 Å². The van der Waals surface area contributed by atoms with Gasteiger partial charge in [0.15, 0.2) is 5.69 Å². The summed E-state index contributed by atoms with van der Waals surface area (Å²) < 4.78 is 8.03. The van der Waals surface area contributed by atoms with Gasteiger partial charge in [-0.05, 0) is 0 Å². The second kappa shape index (κ2) is 5.44. The van der Waals surface area contributed by atoms with Crippen molar-refractivity contribution < 1.29 is 9.53 Å². The molecule has 0 amide bonds. The van der Waals surface area contributed by atoms with Gasteiger partial charge in [0.1, 0.15) is 5.69 Å². The number of aromatic nitrogens is 6. The van der Waals surface area contributed by atoms with Crippen LogP contribution >= 0.6 is 11.3 Å². The van der Waals surface area contributed by atoms with Crippen LogP contribution in [0.2, 0.25) is 0 Å². The fourth-order valence-corrected chi connectivity index (χ4v) is 2.51. The molecule has 108 valence electrons. The molecule has 0 spiro atoms. The number of ether oxygens (including phenoxy) is 1. The lowest BCUT2D eigenvalue weighted by atomic mass is 10.2. The normalized spacial score (nSPS) is 10.8. The largest absolute Gasteiger partial charge is 0.464 e. The summed E-state index contributed by atoms with van der Waals surface area (Å²) in [4.78, 5) is 16.1. The monoisotopic (exact) mass is 304 g/mol. The molecule has 0 aromatic carbocycles. The minimum atomic E-state index is -0.529. The van der Waals surface area contributed by atoms with Gasteiger partial charge in [-0.15, -0.1) is 16.4 Å². The van der Waals surface area contributed by atoms with E-state index in [1.807, 2.05) is 5.38 Å². The summed E-state index contributed by atoms with van der Waals surface area (Å²) in [6.45, 7) is 0.428. The van der Waals surface area contributed by atoms with E-state index in [2.05, 4.69) is 20.4 Å². The predicted octanol–water partition coefficient (Wildman–Crippen LogP) is 0.970. The number of methoxy groups -OCH3 is 1. The molecule has 0 aliphatic heterocycles. The van der Waals surface area contributed by atoms with E-state index in [4.69, 9.17) is 4.74 Å². The Labute approximate surface area is 124 Å². The minimum absolute atomic E-state index is 0.167. The van der Waals surface area contributed by atoms with Crippen LogP contribution in [0.5, 0.6) is 0 Å². The molecule has 9 heteroatoms. The quantitative estimate of drug-likeness (QED) is 0.667. The van der Waals surface area contributed by atoms with Gasteiger partial charge in [0.2, 0.25) is 0 Å². The molecule has 0 saturated heterocycles. The number of carbonyl (C=O) groups excluding carboxylic acids is 1. The van der Waals surface area contributed by atoms with Crippen LogP contribution < -0.4 is 0 Å². The highest BCUT2D eigenvalue weighted by Crippen LogP contribution is 2.23. The molecule has 0 atom stereocenters. The van der Waals surface area contributed by atoms with E-state index in [9.17, 15) is 4.79 Å². The van der Waals surface area contributed by atoms with Gasteiger partial charge in [0.25, 0.3) is 0 Å². The first kappa shape index (κ1) is 13.4. The molecule has 0 N–H and O–H groups in total. The van der Waals surface area contributed by atoms with E-state index < -0.39 is 5.97 Å². The van der Waals surface area contributed by atoms with Crippen LogP contribution in [-0.2, 0) is 18.3 Å². The average Bonchev–Trinajstić information content (AvgIpc) is 3.19. The molecule has 3 aromatic rings. The maximum atomic E-state index is 11.9. The Morgan fingerprint density at radius 2 is 2.33 bits per heavy atom. The summed E-state index contributed by atoms with van der Waals surface area (Å²) in [7, 11) is 3.12. The number of hydrogen-bond donors (Lipinski definition) is 0. The van der Waals surface area contributed by atoms with Gasteiger partial charge in [-0.2, -0.15) is 5.10 Å². The Morgan fingerprint density at radius 3 is 2.95 bits per heavy atom. The van der Waals surface area contributed by atoms with Crippen LogP contribution in [0.3, 0.4) is 0 Å². The van der Waals surface area contributed by atoms with Crippen LogP contribution in [0.25, 0.3) is 11.3 Å². The standard InChI is InChI=1S/C12H12N6O2S/c1-17-4-8(3-14-17)11-10(12(19)20-2)15-16-18(11)5-9-6-21-7-13-9/h3-4,6-7H,5H2,1-2H3. The number of esters is 1. The summed E-state index contributed by atoms with van der Waals surface area (Å²) >= 11 is 1.50. The van der Waals surface area contributed by atoms with Crippen molar-refractivity contribution in [3.05, 3.63) is 34.7 Å². The average molecular weight is 304 g/mol. The molecule has 8 nitrogen and oxygen atoms in total. The first-order valence-electron chi connectivity index (χ1n) is 6.07. The topological polar surface area (TPSA) is 87.7 Å². The Morgan fingerprint density at radius 1 is 1.48 bits per heavy atom. The summed E-state index contributed by atoms with van der Waals surface area (Å²) in [5.41, 5.74) is 4.09. The Bertz CT molecular complexity index is 761. The fourth-order valence-electron chi connectivity index (χ4n) is 1.96. The van der Waals surface area contributed by atoms with Crippen LogP contribution in [0.4, 0.5) is 0 Å². The lowest BCUT2D eigenvalue weighted by Gasteiger charge is -2.04. The molecule has 3 aromatic heterocycles. The smallest absolute Gasteiger partial charge is 0.360 e. The molecular weight excluding hydrogens is 292 g/mol. The summed E-state index contributed by atoms with van der Waals surface area (Å²) in [5, 5.41) is 14.0. The zero-order valence-corrected chi connectivity index (χ0v) is 12.2. The molecule has 0 fully saturated rings. The van der Waals surface area contributed by atoms with E-state index in [0.717, 1.165) is 11.3 Å². The number of carbonyl (C=O) groups is 1. The lowest BCUT2D eigenvalue weighted by Crippen LogP contribution is -2.07. The molecule has 0 bridgehead atoms. The van der Waals surface area contributed by atoms with Crippen LogP contribution in [-0.4, -0.2) is 42.8 Å². The number of nitrogens with zero attached hydrogens (tertiary/aromatic N) is 6. The van der Waals surface area contributed by atoms with E-state index >= 15 is 0 Å². The zero-order valence-electron chi connectivity index (χ0n) is 11.4. The molecule has 0 unspecified atom stereocenters. The van der Waals surface area contributed by atoms with Gasteiger partial charge in [0, 0.05) is 24.2 Å². The van der Waals surface area contributed by atoms with E-state index in [1.54, 1.807) is 34.3 Å². The molecule has 0 aliphatic carbocycles. The molecular formula is C12H12N6O2S. The summed E-state index contributed by atoms with van der Waals surface area (Å²) in [6.07, 6.45) is 3.45. The van der Waals surface area contributed by atoms with Crippen molar-refractivity contribution in [1.82, 2.24) is 29.8 Å². The van der Waals surface area contributed by atoms with Crippen LogP contribution in [0.15, 0.2) is 23.3 Å². The third-order valence-electron chi connectivity index (χ3n) is 2.89. The van der Waals surface area contributed by atoms with Gasteiger partial charge in [-0.1, -0.05) is 5.21 Å². The number of aryl methyl sites for hydroxylation is 1. The summed E-state index contributed by atoms with van der Waals surface area (Å²) in [6, 6.07) is 0. The number of hydrogen-bond acceptors (Lipinski definition) is 7. The number of rotatable bonds is 4. The van der Waals surface area contributed by atoms with Gasteiger partial charge < -0.3 is 4.74 Å². The van der Waals surface area contributed by atoms with Gasteiger partial charge in [0.05, 0.1) is 31.1 Å². The maximum absolute atomic E-state index is 11.9. The first-order chi connectivity index (χ1) is 10.2. The van der Waals surface area contributed by atoms with Crippen molar-refractivity contribution in [2.45, 2.75) is 6.54 Å². The second-order valence-corrected chi connectivity index (χ2v) is 5.04. The van der Waals surface area contributed by atoms with Crippen molar-refractivity contribution in [3.63, 3.8) is 0 Å². The van der Waals surface area contributed by atoms with Gasteiger partial charge >= 0.3 is 5.97 Å². The van der Waals surface area contributed by atoms with Crippen LogP contribution in [0, 0.1) is 0 Å². The Kier molecular flexibility index (Phi) is 3.48. The van der Waals surface area contributed by atoms with Crippen molar-refractivity contribution in [3.8, 4) is 11.3 Å². The van der Waals surface area contributed by atoms with E-state index in [1.165, 1.54) is 18.4 Å². The lowest BCUT2D eigenvalue weighted by molar-refractivity contribution is 0.0595. The zero-order chi connectivity index (χ0) is 14.8. The summed E-state index contributed by atoms with van der Waals surface area (Å²) in [5.74, 6) is -0.529. The second-order valence-electron chi connectivity index (χ2n) is 4.32. The minimum Gasteiger partial charge on any atom is -0.464 e. The third-order valence-corrected chi connectivity index (χ3v) is 3.52. The molecule has 0 aliphatic rings. The molecule has 21 heavy (non-hydrogen) atoms. The van der Waals surface area contributed by atoms with Crippen molar-refractivity contribution >= 4 is 17.3 Å². The Hall–Kier alpha value is -2.55. The highest BCUT2D eigenvalue weighted by atomic mass is 32.1. The van der Waals surface area contributed by atoms with Crippen molar-refractivity contribution in [2.75, 3.05) is 7.11 Å². The molecule has 0 saturated carbocycles. The highest BCUT2D eigenvalue weighted by molar-refractivity contribution is 7.07. The third kappa shape index (κ3) is 2.55. The highest BCUT2D eigenvalue weighted by Gasteiger charge is 2.23. The van der Waals surface area contributed by atoms with Crippen molar-refractivity contribution in [2.24, 2.45) is 7.05 Å².